The lowest BCUT2D eigenvalue weighted by Crippen LogP contribution is -2.48. The second-order valence-corrected chi connectivity index (χ2v) is 8.23. The van der Waals surface area contributed by atoms with E-state index in [1.165, 1.54) is 0 Å². The number of piperazine rings is 1. The van der Waals surface area contributed by atoms with Gasteiger partial charge in [0.2, 0.25) is 5.91 Å². The first kappa shape index (κ1) is 18.6. The Hall–Kier alpha value is -2.74. The van der Waals surface area contributed by atoms with Gasteiger partial charge in [0.25, 0.3) is 5.91 Å². The smallest absolute Gasteiger partial charge is 0.253 e. The zero-order valence-electron chi connectivity index (χ0n) is 16.5. The lowest BCUT2D eigenvalue weighted by atomic mass is 9.77. The number of amides is 2. The van der Waals surface area contributed by atoms with Crippen molar-refractivity contribution in [3.05, 3.63) is 40.7 Å². The Bertz CT molecular complexity index is 912. The van der Waals surface area contributed by atoms with Crippen molar-refractivity contribution in [2.45, 2.75) is 39.2 Å². The third-order valence-corrected chi connectivity index (χ3v) is 5.65. The van der Waals surface area contributed by atoms with Gasteiger partial charge < -0.3 is 10.2 Å². The molecule has 2 aromatic rings. The van der Waals surface area contributed by atoms with E-state index in [1.807, 2.05) is 37.8 Å². The number of rotatable bonds is 3. The van der Waals surface area contributed by atoms with Crippen LogP contribution in [0, 0.1) is 6.92 Å². The molecule has 0 saturated carbocycles. The molecule has 1 aromatic carbocycles. The van der Waals surface area contributed by atoms with Crippen LogP contribution in [0.1, 0.15) is 47.6 Å². The normalized spacial score (nSPS) is 19.2. The van der Waals surface area contributed by atoms with Crippen LogP contribution in [-0.4, -0.2) is 58.1 Å². The van der Waals surface area contributed by atoms with Gasteiger partial charge in [-0.3, -0.25) is 14.5 Å². The van der Waals surface area contributed by atoms with E-state index in [4.69, 9.17) is 4.63 Å². The number of hydrogen-bond donors (Lipinski definition) is 1. The molecule has 1 N–H and O–H groups in total. The van der Waals surface area contributed by atoms with E-state index in [0.717, 1.165) is 35.7 Å². The van der Waals surface area contributed by atoms with Gasteiger partial charge in [-0.15, -0.1) is 0 Å². The third-order valence-electron chi connectivity index (χ3n) is 5.65. The monoisotopic (exact) mass is 383 g/mol. The van der Waals surface area contributed by atoms with E-state index < -0.39 is 0 Å². The Kier molecular flexibility index (Phi) is 4.66. The highest BCUT2D eigenvalue weighted by Crippen LogP contribution is 2.37. The van der Waals surface area contributed by atoms with Crippen molar-refractivity contribution in [1.82, 2.24) is 20.1 Å². The molecule has 0 radical (unpaired) electrons. The summed E-state index contributed by atoms with van der Waals surface area (Å²) in [4.78, 5) is 29.0. The lowest BCUT2D eigenvalue weighted by molar-refractivity contribution is -0.117. The van der Waals surface area contributed by atoms with Crippen molar-refractivity contribution >= 4 is 17.5 Å². The number of benzene rings is 1. The maximum atomic E-state index is 13.0. The number of anilines is 1. The number of nitrogens with zero attached hydrogens (tertiary/aromatic N) is 4. The molecule has 8 nitrogen and oxygen atoms in total. The van der Waals surface area contributed by atoms with Crippen LogP contribution in [0.2, 0.25) is 0 Å². The van der Waals surface area contributed by atoms with Gasteiger partial charge in [0.15, 0.2) is 0 Å². The molecule has 0 unspecified atom stereocenters. The largest absolute Gasteiger partial charge is 0.336 e. The second-order valence-electron chi connectivity index (χ2n) is 8.23. The van der Waals surface area contributed by atoms with Crippen LogP contribution in [0.5, 0.6) is 0 Å². The van der Waals surface area contributed by atoms with Crippen LogP contribution in [0.4, 0.5) is 5.69 Å². The number of carbonyl (C=O) groups is 2. The molecule has 2 amide bonds. The first-order valence-electron chi connectivity index (χ1n) is 9.57. The summed E-state index contributed by atoms with van der Waals surface area (Å²) in [7, 11) is 0. The highest BCUT2D eigenvalue weighted by Gasteiger charge is 2.33. The van der Waals surface area contributed by atoms with Crippen LogP contribution in [0.3, 0.4) is 0 Å². The lowest BCUT2D eigenvalue weighted by Gasteiger charge is -2.35. The number of aryl methyl sites for hydroxylation is 1. The molecular formula is C20H25N5O3. The van der Waals surface area contributed by atoms with Gasteiger partial charge in [0.05, 0.1) is 0 Å². The van der Waals surface area contributed by atoms with E-state index >= 15 is 0 Å². The minimum absolute atomic E-state index is 0.0187. The molecule has 2 aliphatic rings. The summed E-state index contributed by atoms with van der Waals surface area (Å²) in [6.07, 6.45) is 0.423. The zero-order chi connectivity index (χ0) is 19.9. The SMILES string of the molecule is Cc1nonc1CN1CCN(C(=O)c2ccc3c(c2)C(C)(C)CC(=O)N3)CC1. The van der Waals surface area contributed by atoms with Crippen molar-refractivity contribution in [2.75, 3.05) is 31.5 Å². The van der Waals surface area contributed by atoms with Crippen molar-refractivity contribution in [3.8, 4) is 0 Å². The molecule has 3 heterocycles. The predicted molar refractivity (Wildman–Crippen MR) is 103 cm³/mol. The van der Waals surface area contributed by atoms with Crippen molar-refractivity contribution in [2.24, 2.45) is 0 Å². The molecule has 1 aromatic heterocycles. The van der Waals surface area contributed by atoms with E-state index in [0.29, 0.717) is 31.6 Å². The van der Waals surface area contributed by atoms with Gasteiger partial charge in [-0.05, 0) is 30.7 Å². The minimum Gasteiger partial charge on any atom is -0.336 e. The van der Waals surface area contributed by atoms with Crippen LogP contribution in [0.25, 0.3) is 0 Å². The molecule has 2 aliphatic heterocycles. The Labute approximate surface area is 163 Å². The van der Waals surface area contributed by atoms with E-state index in [-0.39, 0.29) is 17.2 Å². The van der Waals surface area contributed by atoms with Gasteiger partial charge in [0, 0.05) is 55.8 Å². The van der Waals surface area contributed by atoms with E-state index in [1.54, 1.807) is 6.07 Å². The molecule has 1 fully saturated rings. The fourth-order valence-electron chi connectivity index (χ4n) is 3.93. The molecule has 1 saturated heterocycles. The fourth-order valence-corrected chi connectivity index (χ4v) is 3.93. The summed E-state index contributed by atoms with van der Waals surface area (Å²) in [6, 6.07) is 5.59. The molecule has 0 atom stereocenters. The van der Waals surface area contributed by atoms with Crippen LogP contribution >= 0.6 is 0 Å². The number of nitrogens with one attached hydrogen (secondary N) is 1. The maximum absolute atomic E-state index is 13.0. The van der Waals surface area contributed by atoms with Crippen molar-refractivity contribution in [1.29, 1.82) is 0 Å². The van der Waals surface area contributed by atoms with Crippen LogP contribution < -0.4 is 5.32 Å². The third kappa shape index (κ3) is 3.52. The Morgan fingerprint density at radius 3 is 2.64 bits per heavy atom. The molecule has 28 heavy (non-hydrogen) atoms. The van der Waals surface area contributed by atoms with Crippen molar-refractivity contribution < 1.29 is 14.2 Å². The fraction of sp³-hybridized carbons (Fsp3) is 0.500. The summed E-state index contributed by atoms with van der Waals surface area (Å²) >= 11 is 0. The summed E-state index contributed by atoms with van der Waals surface area (Å²) in [5.41, 5.74) is 3.87. The number of aromatic nitrogens is 2. The number of carbonyl (C=O) groups excluding carboxylic acids is 2. The molecule has 0 aliphatic carbocycles. The second kappa shape index (κ2) is 7.01. The van der Waals surface area contributed by atoms with Crippen LogP contribution in [-0.2, 0) is 16.8 Å². The molecule has 4 rings (SSSR count). The molecular weight excluding hydrogens is 358 g/mol. The van der Waals surface area contributed by atoms with E-state index in [9.17, 15) is 9.59 Å². The minimum atomic E-state index is -0.282. The Morgan fingerprint density at radius 2 is 1.96 bits per heavy atom. The summed E-state index contributed by atoms with van der Waals surface area (Å²) in [5, 5.41) is 10.6. The quantitative estimate of drug-likeness (QED) is 0.871. The zero-order valence-corrected chi connectivity index (χ0v) is 16.5. The molecule has 0 bridgehead atoms. The maximum Gasteiger partial charge on any atom is 0.253 e. The highest BCUT2D eigenvalue weighted by molar-refractivity contribution is 5.99. The molecule has 8 heteroatoms. The highest BCUT2D eigenvalue weighted by atomic mass is 16.6. The average Bonchev–Trinajstić information content (AvgIpc) is 3.05. The number of hydrogen-bond acceptors (Lipinski definition) is 6. The van der Waals surface area contributed by atoms with E-state index in [2.05, 4.69) is 20.5 Å². The summed E-state index contributed by atoms with van der Waals surface area (Å²) < 4.78 is 4.76. The summed E-state index contributed by atoms with van der Waals surface area (Å²) in [6.45, 7) is 9.54. The van der Waals surface area contributed by atoms with Gasteiger partial charge in [-0.25, -0.2) is 4.63 Å². The van der Waals surface area contributed by atoms with Gasteiger partial charge in [0.1, 0.15) is 11.4 Å². The molecule has 0 spiro atoms. The Balaban J connectivity index is 1.43. The number of fused-ring (bicyclic) bond motifs is 1. The topological polar surface area (TPSA) is 91.6 Å². The van der Waals surface area contributed by atoms with Gasteiger partial charge in [-0.1, -0.05) is 24.2 Å². The first-order chi connectivity index (χ1) is 13.3. The molecule has 148 valence electrons. The first-order valence-corrected chi connectivity index (χ1v) is 9.57. The standard InChI is InChI=1S/C20H25N5O3/c1-13-17(23-28-22-13)12-24-6-8-25(9-7-24)19(27)14-4-5-16-15(10-14)20(2,3)11-18(26)21-16/h4-5,10H,6-9,11-12H2,1-3H3,(H,21,26). The summed E-state index contributed by atoms with van der Waals surface area (Å²) in [5.74, 6) is 0.0553. The predicted octanol–water partition coefficient (Wildman–Crippen LogP) is 1.96. The van der Waals surface area contributed by atoms with Crippen LogP contribution in [0.15, 0.2) is 22.8 Å². The van der Waals surface area contributed by atoms with Crippen molar-refractivity contribution in [3.63, 3.8) is 0 Å². The van der Waals surface area contributed by atoms with Gasteiger partial charge in [-0.2, -0.15) is 0 Å². The van der Waals surface area contributed by atoms with Gasteiger partial charge >= 0.3 is 0 Å². The Morgan fingerprint density at radius 1 is 1.21 bits per heavy atom. The average molecular weight is 383 g/mol.